The summed E-state index contributed by atoms with van der Waals surface area (Å²) < 4.78 is 29.5. The van der Waals surface area contributed by atoms with E-state index in [1.54, 1.807) is 33.8 Å². The van der Waals surface area contributed by atoms with Crippen molar-refractivity contribution in [3.8, 4) is 0 Å². The maximum absolute atomic E-state index is 12.3. The molecule has 0 bridgehead atoms. The predicted molar refractivity (Wildman–Crippen MR) is 257 cm³/mol. The van der Waals surface area contributed by atoms with Crippen molar-refractivity contribution >= 4 is 34.7 Å². The number of aliphatic hydroxyl groups is 1. The maximum atomic E-state index is 12.3. The maximum Gasteiger partial charge on any atom is 0.228 e. The first-order chi connectivity index (χ1) is 29.0. The van der Waals surface area contributed by atoms with Crippen molar-refractivity contribution in [2.24, 2.45) is 0 Å². The fourth-order valence-electron chi connectivity index (χ4n) is 5.57. The van der Waals surface area contributed by atoms with Crippen molar-refractivity contribution in [3.63, 3.8) is 0 Å². The third kappa shape index (κ3) is 17.7. The molecule has 13 heteroatoms. The smallest absolute Gasteiger partial charge is 0.228 e. The second-order valence-corrected chi connectivity index (χ2v) is 14.8. The Morgan fingerprint density at radius 2 is 0.922 bits per heavy atom. The van der Waals surface area contributed by atoms with Gasteiger partial charge in [0, 0.05) is 30.7 Å². The van der Waals surface area contributed by atoms with E-state index in [0.29, 0.717) is 40.7 Å². The SMILES string of the molecule is C.C.C=CC(C)(O)CCC=C(C)C.CC/C(C)=C/CC1=C(C)C(=O)C(OC)=C(OC)C1=O.CC/C(C)=C/CC1=C(C)C(=O)C(OC)=C(OC)C1=O.COC1=C(OC)C(=O)C(C)=CC1=O.[HH].[HH]. The van der Waals surface area contributed by atoms with Crippen molar-refractivity contribution < 1.29 is 65.1 Å². The van der Waals surface area contributed by atoms with Crippen LogP contribution in [0.15, 0.2) is 116 Å². The van der Waals surface area contributed by atoms with E-state index in [0.717, 1.165) is 25.7 Å². The van der Waals surface area contributed by atoms with E-state index in [-0.39, 0.29) is 87.0 Å². The molecule has 0 aromatic rings. The second-order valence-electron chi connectivity index (χ2n) is 14.8. The van der Waals surface area contributed by atoms with E-state index in [1.807, 2.05) is 39.8 Å². The van der Waals surface area contributed by atoms with E-state index in [9.17, 15) is 33.9 Å². The van der Waals surface area contributed by atoms with Gasteiger partial charge in [-0.2, -0.15) is 0 Å². The molecule has 64 heavy (non-hydrogen) atoms. The highest BCUT2D eigenvalue weighted by Crippen LogP contribution is 2.29. The van der Waals surface area contributed by atoms with Gasteiger partial charge in [-0.25, -0.2) is 0 Å². The zero-order valence-corrected chi connectivity index (χ0v) is 39.7. The van der Waals surface area contributed by atoms with Gasteiger partial charge in [0.05, 0.1) is 48.3 Å². The number of hydrogen-bond donors (Lipinski definition) is 1. The Morgan fingerprint density at radius 3 is 1.22 bits per heavy atom. The number of rotatable bonds is 16. The van der Waals surface area contributed by atoms with Gasteiger partial charge in [0.25, 0.3) is 0 Å². The Hall–Kier alpha value is -5.82. The summed E-state index contributed by atoms with van der Waals surface area (Å²) in [6.45, 7) is 22.4. The number of Topliss-reactive ketones (excluding diaryl/α,β-unsaturated/α-hetero) is 5. The summed E-state index contributed by atoms with van der Waals surface area (Å²) in [7, 11) is 8.11. The summed E-state index contributed by atoms with van der Waals surface area (Å²) in [6, 6.07) is 0. The van der Waals surface area contributed by atoms with Gasteiger partial charge in [-0.3, -0.25) is 28.8 Å². The largest absolute Gasteiger partial charge is 0.490 e. The molecule has 0 amide bonds. The van der Waals surface area contributed by atoms with Crippen molar-refractivity contribution in [3.05, 3.63) is 116 Å². The number of allylic oxidation sites excluding steroid dienone is 12. The lowest BCUT2D eigenvalue weighted by molar-refractivity contribution is -0.121. The molecule has 1 N–H and O–H groups in total. The highest BCUT2D eigenvalue weighted by molar-refractivity contribution is 6.24. The Kier molecular flexibility index (Phi) is 29.6. The Bertz CT molecular complexity index is 1930. The third-order valence-electron chi connectivity index (χ3n) is 10.0. The fourth-order valence-corrected chi connectivity index (χ4v) is 5.57. The molecule has 1 unspecified atom stereocenters. The van der Waals surface area contributed by atoms with Gasteiger partial charge < -0.3 is 33.5 Å². The summed E-state index contributed by atoms with van der Waals surface area (Å²) in [5.74, 6) is -1.82. The number of ketones is 6. The first kappa shape index (κ1) is 62.5. The van der Waals surface area contributed by atoms with E-state index in [4.69, 9.17) is 28.4 Å². The second kappa shape index (κ2) is 30.3. The van der Waals surface area contributed by atoms with E-state index < -0.39 is 5.60 Å². The lowest BCUT2D eigenvalue weighted by Gasteiger charge is -2.19. The summed E-state index contributed by atoms with van der Waals surface area (Å²) in [4.78, 5) is 71.4. The molecule has 0 saturated heterocycles. The van der Waals surface area contributed by atoms with Crippen LogP contribution in [0, 0.1) is 0 Å². The van der Waals surface area contributed by atoms with Gasteiger partial charge in [-0.15, -0.1) is 6.58 Å². The zero-order valence-electron chi connectivity index (χ0n) is 39.7. The zero-order chi connectivity index (χ0) is 48.1. The molecule has 0 aromatic heterocycles. The van der Waals surface area contributed by atoms with Crippen LogP contribution in [0.4, 0.5) is 0 Å². The predicted octanol–water partition coefficient (Wildman–Crippen LogP) is 10.4. The average Bonchev–Trinajstić information content (AvgIpc) is 3.24. The molecule has 3 rings (SSSR count). The number of hydrogen-bond acceptors (Lipinski definition) is 13. The topological polar surface area (TPSA) is 178 Å². The van der Waals surface area contributed by atoms with Crippen LogP contribution >= 0.6 is 0 Å². The Morgan fingerprint density at radius 1 is 0.594 bits per heavy atom. The van der Waals surface area contributed by atoms with Crippen LogP contribution in [0.5, 0.6) is 0 Å². The molecule has 0 aliphatic heterocycles. The molecule has 0 fully saturated rings. The Labute approximate surface area is 386 Å². The fraction of sp³-hybridized carbons (Fsp3) is 0.490. The number of carbonyl (C=O) groups excluding carboxylic acids is 6. The normalized spacial score (nSPS) is 16.4. The quantitative estimate of drug-likeness (QED) is 0.114. The van der Waals surface area contributed by atoms with Crippen LogP contribution in [-0.2, 0) is 57.2 Å². The van der Waals surface area contributed by atoms with Gasteiger partial charge in [-0.05, 0) is 100.0 Å². The molecule has 1 atom stereocenters. The molecule has 3 aliphatic rings. The van der Waals surface area contributed by atoms with E-state index in [1.165, 1.54) is 65.5 Å². The van der Waals surface area contributed by atoms with Crippen LogP contribution in [0.3, 0.4) is 0 Å². The van der Waals surface area contributed by atoms with Crippen molar-refractivity contribution in [2.75, 3.05) is 42.7 Å². The summed E-state index contributed by atoms with van der Waals surface area (Å²) in [5, 5.41) is 9.49. The monoisotopic (exact) mass is 901 g/mol. The molecule has 0 heterocycles. The van der Waals surface area contributed by atoms with Crippen LogP contribution in [0.1, 0.15) is 125 Å². The first-order valence-electron chi connectivity index (χ1n) is 20.2. The molecule has 0 radical (unpaired) electrons. The molecule has 0 aromatic carbocycles. The summed E-state index contributed by atoms with van der Waals surface area (Å²) in [6.07, 6.45) is 13.3. The van der Waals surface area contributed by atoms with Crippen molar-refractivity contribution in [2.45, 2.75) is 128 Å². The Balaban J connectivity index is -0.000000251. The molecule has 0 saturated carbocycles. The number of carbonyl (C=O) groups is 6. The van der Waals surface area contributed by atoms with E-state index >= 15 is 0 Å². The number of ether oxygens (including phenoxy) is 6. The molecule has 0 spiro atoms. The minimum Gasteiger partial charge on any atom is -0.490 e. The molecular formula is C51H80O13. The van der Waals surface area contributed by atoms with Crippen molar-refractivity contribution in [1.29, 1.82) is 0 Å². The molecule has 3 aliphatic carbocycles. The molecular weight excluding hydrogens is 821 g/mol. The van der Waals surface area contributed by atoms with Crippen molar-refractivity contribution in [1.82, 2.24) is 0 Å². The minimum atomic E-state index is -0.702. The van der Waals surface area contributed by atoms with Gasteiger partial charge in [0.1, 0.15) is 0 Å². The molecule has 13 nitrogen and oxygen atoms in total. The van der Waals surface area contributed by atoms with Gasteiger partial charge >= 0.3 is 0 Å². The van der Waals surface area contributed by atoms with Gasteiger partial charge in [0.15, 0.2) is 0 Å². The van der Waals surface area contributed by atoms with Crippen LogP contribution in [0.25, 0.3) is 0 Å². The standard InChI is InChI=1S/2C15H20O4.C10H18O.C9H10O4.2CH4.2H2/c2*1-6-9(2)7-8-11-10(3)12(16)14(18-4)15(19-5)13(11)17;1-5-10(4,11)8-6-7-9(2)3;1-5-4-6(10)8(12-2)9(13-3)7(5)11;;;;/h2*7H,6,8H2,1-5H3;5,7,11H,1,6,8H2,2-4H3;4H,1-3H3;2*1H4;2*1H/b2*9-7+;;;;;;. The lowest BCUT2D eigenvalue weighted by atomic mass is 9.90. The van der Waals surface area contributed by atoms with Crippen LogP contribution in [-0.4, -0.2) is 88.1 Å². The highest BCUT2D eigenvalue weighted by Gasteiger charge is 2.35. The average molecular weight is 901 g/mol. The van der Waals surface area contributed by atoms with Gasteiger partial charge in [0.2, 0.25) is 69.3 Å². The number of methoxy groups -OCH3 is 6. The summed E-state index contributed by atoms with van der Waals surface area (Å²) in [5.41, 5.74) is 5.15. The van der Waals surface area contributed by atoms with Gasteiger partial charge in [-0.1, -0.05) is 69.7 Å². The van der Waals surface area contributed by atoms with Crippen LogP contribution < -0.4 is 0 Å². The minimum absolute atomic E-state index is 0. The first-order valence-corrected chi connectivity index (χ1v) is 20.2. The summed E-state index contributed by atoms with van der Waals surface area (Å²) >= 11 is 0. The lowest BCUT2D eigenvalue weighted by Crippen LogP contribution is -2.24. The highest BCUT2D eigenvalue weighted by atomic mass is 16.5. The molecule has 362 valence electrons. The third-order valence-corrected chi connectivity index (χ3v) is 10.0. The van der Waals surface area contributed by atoms with Crippen LogP contribution in [0.2, 0.25) is 0 Å². The van der Waals surface area contributed by atoms with E-state index in [2.05, 4.69) is 26.5 Å².